The van der Waals surface area contributed by atoms with Gasteiger partial charge in [0.05, 0.1) is 9.82 Å². The van der Waals surface area contributed by atoms with Crippen LogP contribution < -0.4 is 4.72 Å². The Balaban J connectivity index is 1.57. The first-order valence-electron chi connectivity index (χ1n) is 9.58. The van der Waals surface area contributed by atoms with Crippen LogP contribution in [0, 0.1) is 33.3 Å². The summed E-state index contributed by atoms with van der Waals surface area (Å²) in [6.07, 6.45) is 8.17. The summed E-state index contributed by atoms with van der Waals surface area (Å²) < 4.78 is 28.8. The Kier molecular flexibility index (Phi) is 4.34. The maximum absolute atomic E-state index is 12.9. The largest absolute Gasteiger partial charge is 0.269 e. The van der Waals surface area contributed by atoms with Crippen molar-refractivity contribution in [2.75, 3.05) is 0 Å². The summed E-state index contributed by atoms with van der Waals surface area (Å²) >= 11 is 0. The van der Waals surface area contributed by atoms with Crippen LogP contribution in [-0.4, -0.2) is 19.4 Å². The van der Waals surface area contributed by atoms with E-state index in [9.17, 15) is 18.5 Å². The summed E-state index contributed by atoms with van der Waals surface area (Å²) in [5.41, 5.74) is -0.00534. The van der Waals surface area contributed by atoms with Gasteiger partial charge in [0.1, 0.15) is 0 Å². The first kappa shape index (κ1) is 17.9. The summed E-state index contributed by atoms with van der Waals surface area (Å²) in [5, 5.41) is 10.8. The number of nitro benzene ring substituents is 1. The zero-order valence-electron chi connectivity index (χ0n) is 15.1. The molecule has 0 spiro atoms. The fraction of sp³-hybridized carbons (Fsp3) is 0.684. The predicted molar refractivity (Wildman–Crippen MR) is 98.1 cm³/mol. The molecule has 1 atom stereocenters. The second-order valence-corrected chi connectivity index (χ2v) is 10.3. The lowest BCUT2D eigenvalue weighted by molar-refractivity contribution is -0.384. The van der Waals surface area contributed by atoms with Crippen molar-refractivity contribution >= 4 is 15.7 Å². The van der Waals surface area contributed by atoms with Crippen molar-refractivity contribution in [3.63, 3.8) is 0 Å². The highest BCUT2D eigenvalue weighted by Gasteiger charge is 2.54. The number of nitrogens with one attached hydrogen (secondary N) is 1. The third kappa shape index (κ3) is 3.05. The van der Waals surface area contributed by atoms with Gasteiger partial charge < -0.3 is 0 Å². The third-order valence-corrected chi connectivity index (χ3v) is 8.38. The second-order valence-electron chi connectivity index (χ2n) is 8.61. The standard InChI is InChI=1S/C19H26N2O4S/c1-2-18(19-10-13-7-14(11-19)9-15(8-13)12-19)20-26(24,25)17-5-3-16(4-6-17)21(22)23/h3-6,13-15,18,20H,2,7-12H2,1H3. The Labute approximate surface area is 154 Å². The van der Waals surface area contributed by atoms with E-state index in [1.807, 2.05) is 0 Å². The van der Waals surface area contributed by atoms with Gasteiger partial charge in [0.25, 0.3) is 5.69 Å². The number of nitrogens with zero attached hydrogens (tertiary/aromatic N) is 1. The molecule has 4 bridgehead atoms. The molecular weight excluding hydrogens is 352 g/mol. The number of hydrogen-bond donors (Lipinski definition) is 1. The van der Waals surface area contributed by atoms with Crippen molar-refractivity contribution < 1.29 is 13.3 Å². The summed E-state index contributed by atoms with van der Waals surface area (Å²) in [6.45, 7) is 2.06. The van der Waals surface area contributed by atoms with Gasteiger partial charge in [-0.15, -0.1) is 0 Å². The van der Waals surface area contributed by atoms with Crippen LogP contribution in [0.25, 0.3) is 0 Å². The summed E-state index contributed by atoms with van der Waals surface area (Å²) in [4.78, 5) is 10.4. The van der Waals surface area contributed by atoms with Crippen LogP contribution in [0.5, 0.6) is 0 Å². The number of sulfonamides is 1. The van der Waals surface area contributed by atoms with Gasteiger partial charge in [0.2, 0.25) is 10.0 Å². The zero-order chi connectivity index (χ0) is 18.5. The van der Waals surface area contributed by atoms with Crippen molar-refractivity contribution in [2.45, 2.75) is 62.8 Å². The Hall–Kier alpha value is -1.47. The molecule has 0 amide bonds. The van der Waals surface area contributed by atoms with E-state index in [1.54, 1.807) is 0 Å². The highest BCUT2D eigenvalue weighted by atomic mass is 32.2. The molecule has 6 nitrogen and oxygen atoms in total. The van der Waals surface area contributed by atoms with E-state index in [4.69, 9.17) is 0 Å². The van der Waals surface area contributed by atoms with Crippen LogP contribution >= 0.6 is 0 Å². The number of rotatable bonds is 6. The molecule has 7 heteroatoms. The van der Waals surface area contributed by atoms with Crippen LogP contribution in [0.3, 0.4) is 0 Å². The molecule has 4 fully saturated rings. The Bertz CT molecular complexity index is 768. The number of benzene rings is 1. The van der Waals surface area contributed by atoms with Crippen LogP contribution in [0.4, 0.5) is 5.69 Å². The van der Waals surface area contributed by atoms with Gasteiger partial charge in [-0.2, -0.15) is 0 Å². The van der Waals surface area contributed by atoms with Crippen LogP contribution in [0.2, 0.25) is 0 Å². The molecule has 0 heterocycles. The van der Waals surface area contributed by atoms with E-state index < -0.39 is 14.9 Å². The van der Waals surface area contributed by atoms with Gasteiger partial charge in [-0.05, 0) is 80.2 Å². The fourth-order valence-electron chi connectivity index (χ4n) is 6.25. The smallest absolute Gasteiger partial charge is 0.258 e. The van der Waals surface area contributed by atoms with Crippen LogP contribution in [0.1, 0.15) is 51.9 Å². The Morgan fingerprint density at radius 2 is 1.62 bits per heavy atom. The molecule has 4 aliphatic carbocycles. The van der Waals surface area contributed by atoms with Gasteiger partial charge in [-0.3, -0.25) is 10.1 Å². The van der Waals surface area contributed by atoms with E-state index in [1.165, 1.54) is 43.5 Å². The maximum Gasteiger partial charge on any atom is 0.269 e. The van der Waals surface area contributed by atoms with Gasteiger partial charge in [0, 0.05) is 18.2 Å². The minimum atomic E-state index is -3.68. The van der Waals surface area contributed by atoms with Crippen LogP contribution in [-0.2, 0) is 10.0 Å². The maximum atomic E-state index is 12.9. The monoisotopic (exact) mass is 378 g/mol. The molecular formula is C19H26N2O4S. The number of hydrogen-bond acceptors (Lipinski definition) is 4. The molecule has 4 aliphatic rings. The molecule has 1 N–H and O–H groups in total. The van der Waals surface area contributed by atoms with Crippen molar-refractivity contribution in [1.29, 1.82) is 0 Å². The SMILES string of the molecule is CCC(NS(=O)(=O)c1ccc([N+](=O)[O-])cc1)C12CC3CC(CC(C3)C1)C2. The highest BCUT2D eigenvalue weighted by Crippen LogP contribution is 2.61. The summed E-state index contributed by atoms with van der Waals surface area (Å²) in [5.74, 6) is 2.29. The quantitative estimate of drug-likeness (QED) is 0.601. The Morgan fingerprint density at radius 3 is 2.04 bits per heavy atom. The van der Waals surface area contributed by atoms with Gasteiger partial charge >= 0.3 is 0 Å². The Morgan fingerprint density at radius 1 is 1.12 bits per heavy atom. The molecule has 0 radical (unpaired) electrons. The molecule has 1 aromatic carbocycles. The molecule has 0 saturated heterocycles. The fourth-order valence-corrected chi connectivity index (χ4v) is 7.67. The first-order chi connectivity index (χ1) is 12.3. The molecule has 142 valence electrons. The number of nitro groups is 1. The van der Waals surface area contributed by atoms with Crippen LogP contribution in [0.15, 0.2) is 29.2 Å². The number of non-ortho nitro benzene ring substituents is 1. The lowest BCUT2D eigenvalue weighted by Crippen LogP contribution is -2.56. The van der Waals surface area contributed by atoms with E-state index in [-0.39, 0.29) is 22.0 Å². The molecule has 1 aromatic rings. The van der Waals surface area contributed by atoms with E-state index in [2.05, 4.69) is 11.6 Å². The van der Waals surface area contributed by atoms with Crippen molar-refractivity contribution in [1.82, 2.24) is 4.72 Å². The lowest BCUT2D eigenvalue weighted by atomic mass is 9.47. The average Bonchev–Trinajstić information content (AvgIpc) is 2.58. The van der Waals surface area contributed by atoms with Gasteiger partial charge in [0.15, 0.2) is 0 Å². The molecule has 1 unspecified atom stereocenters. The van der Waals surface area contributed by atoms with Gasteiger partial charge in [-0.25, -0.2) is 13.1 Å². The second kappa shape index (κ2) is 6.30. The highest BCUT2D eigenvalue weighted by molar-refractivity contribution is 7.89. The minimum absolute atomic E-state index is 0.0592. The topological polar surface area (TPSA) is 89.3 Å². The van der Waals surface area contributed by atoms with Crippen molar-refractivity contribution in [3.05, 3.63) is 34.4 Å². The summed E-state index contributed by atoms with van der Waals surface area (Å²) in [6, 6.07) is 5.09. The zero-order valence-corrected chi connectivity index (χ0v) is 15.9. The molecule has 5 rings (SSSR count). The normalized spacial score (nSPS) is 34.0. The molecule has 0 aromatic heterocycles. The lowest BCUT2D eigenvalue weighted by Gasteiger charge is -2.59. The molecule has 4 saturated carbocycles. The van der Waals surface area contributed by atoms with Crippen molar-refractivity contribution in [3.8, 4) is 0 Å². The van der Waals surface area contributed by atoms with E-state index in [0.29, 0.717) is 0 Å². The van der Waals surface area contributed by atoms with Crippen molar-refractivity contribution in [2.24, 2.45) is 23.2 Å². The predicted octanol–water partition coefficient (Wildman–Crippen LogP) is 3.87. The average molecular weight is 378 g/mol. The van der Waals surface area contributed by atoms with E-state index in [0.717, 1.165) is 43.4 Å². The molecule has 26 heavy (non-hydrogen) atoms. The van der Waals surface area contributed by atoms with Gasteiger partial charge in [-0.1, -0.05) is 6.92 Å². The first-order valence-corrected chi connectivity index (χ1v) is 11.1. The molecule has 0 aliphatic heterocycles. The minimum Gasteiger partial charge on any atom is -0.258 e. The third-order valence-electron chi connectivity index (χ3n) is 6.89. The summed E-state index contributed by atoms with van der Waals surface area (Å²) in [7, 11) is -3.68. The van der Waals surface area contributed by atoms with E-state index >= 15 is 0 Å².